The lowest BCUT2D eigenvalue weighted by molar-refractivity contribution is -0.122. The van der Waals surface area contributed by atoms with E-state index in [1.807, 2.05) is 18.2 Å². The fourth-order valence-electron chi connectivity index (χ4n) is 3.73. The molecule has 30 heavy (non-hydrogen) atoms. The highest BCUT2D eigenvalue weighted by molar-refractivity contribution is 6.36. The van der Waals surface area contributed by atoms with Crippen LogP contribution in [0.1, 0.15) is 17.3 Å². The number of nitrogens with zero attached hydrogens (tertiary/aromatic N) is 2. The number of rotatable bonds is 5. The molecule has 1 unspecified atom stereocenters. The molecule has 0 aliphatic carbocycles. The van der Waals surface area contributed by atoms with Crippen LogP contribution in [0, 0.1) is 0 Å². The zero-order valence-corrected chi connectivity index (χ0v) is 18.2. The highest BCUT2D eigenvalue weighted by atomic mass is 35.5. The van der Waals surface area contributed by atoms with Crippen LogP contribution in [0.15, 0.2) is 30.5 Å². The molecule has 0 spiro atoms. The summed E-state index contributed by atoms with van der Waals surface area (Å²) in [4.78, 5) is 18.3. The Bertz CT molecular complexity index is 1030. The third-order valence-corrected chi connectivity index (χ3v) is 5.73. The van der Waals surface area contributed by atoms with Gasteiger partial charge in [-0.3, -0.25) is 9.69 Å². The van der Waals surface area contributed by atoms with Crippen LogP contribution in [0.3, 0.4) is 0 Å². The first kappa shape index (κ1) is 22.7. The molecule has 2 aromatic heterocycles. The molecule has 4 rings (SSSR count). The Morgan fingerprint density at radius 2 is 2.03 bits per heavy atom. The Morgan fingerprint density at radius 3 is 2.73 bits per heavy atom. The molecule has 0 saturated heterocycles. The minimum atomic E-state index is -0.250. The van der Waals surface area contributed by atoms with Crippen molar-refractivity contribution in [3.63, 3.8) is 0 Å². The van der Waals surface area contributed by atoms with Crippen LogP contribution >= 0.6 is 34.8 Å². The Labute approximate surface area is 188 Å². The fraction of sp³-hybridized carbons (Fsp3) is 0.300. The molecule has 0 radical (unpaired) electrons. The smallest absolute Gasteiger partial charge is 0.290 e. The number of benzene rings is 1. The van der Waals surface area contributed by atoms with Crippen molar-refractivity contribution in [3.8, 4) is 0 Å². The van der Waals surface area contributed by atoms with Crippen molar-refractivity contribution < 1.29 is 15.0 Å². The van der Waals surface area contributed by atoms with E-state index in [1.54, 1.807) is 12.3 Å². The van der Waals surface area contributed by atoms with Gasteiger partial charge in [-0.1, -0.05) is 34.8 Å². The first-order valence-electron chi connectivity index (χ1n) is 9.26. The number of aliphatic hydroxyl groups is 1. The monoisotopic (exact) mass is 470 g/mol. The molecular formula is C20H21Cl3N4O3. The Hall–Kier alpha value is -2.03. The van der Waals surface area contributed by atoms with E-state index < -0.39 is 0 Å². The molecule has 1 aliphatic heterocycles. The molecule has 3 aromatic rings. The number of H-pyrrole nitrogens is 1. The average molecular weight is 472 g/mol. The van der Waals surface area contributed by atoms with Crippen LogP contribution in [-0.4, -0.2) is 57.8 Å². The molecule has 160 valence electrons. The van der Waals surface area contributed by atoms with Gasteiger partial charge in [0.15, 0.2) is 0 Å². The quantitative estimate of drug-likeness (QED) is 0.416. The Balaban J connectivity index is 0.000000806. The van der Waals surface area contributed by atoms with E-state index in [0.29, 0.717) is 22.4 Å². The number of anilines is 1. The maximum Gasteiger partial charge on any atom is 0.290 e. The third-order valence-electron chi connectivity index (χ3n) is 5.00. The maximum atomic E-state index is 10.0. The van der Waals surface area contributed by atoms with Gasteiger partial charge in [0.25, 0.3) is 6.47 Å². The van der Waals surface area contributed by atoms with E-state index in [4.69, 9.17) is 44.7 Å². The van der Waals surface area contributed by atoms with Gasteiger partial charge in [-0.2, -0.15) is 0 Å². The summed E-state index contributed by atoms with van der Waals surface area (Å²) < 4.78 is 0. The summed E-state index contributed by atoms with van der Waals surface area (Å²) in [6.45, 7) is 2.07. The number of aliphatic hydroxyl groups excluding tert-OH is 1. The lowest BCUT2D eigenvalue weighted by Gasteiger charge is -2.34. The van der Waals surface area contributed by atoms with E-state index in [1.165, 1.54) is 5.56 Å². The lowest BCUT2D eigenvalue weighted by atomic mass is 9.97. The zero-order chi connectivity index (χ0) is 21.7. The van der Waals surface area contributed by atoms with Gasteiger partial charge in [-0.25, -0.2) is 4.98 Å². The van der Waals surface area contributed by atoms with Crippen molar-refractivity contribution in [2.24, 2.45) is 0 Å². The maximum absolute atomic E-state index is 10.0. The number of aromatic nitrogens is 2. The van der Waals surface area contributed by atoms with Gasteiger partial charge in [-0.05, 0) is 36.2 Å². The van der Waals surface area contributed by atoms with Crippen LogP contribution in [0.2, 0.25) is 15.1 Å². The predicted octanol–water partition coefficient (Wildman–Crippen LogP) is 4.23. The molecule has 0 saturated carbocycles. The second-order valence-corrected chi connectivity index (χ2v) is 7.99. The lowest BCUT2D eigenvalue weighted by Crippen LogP contribution is -2.40. The van der Waals surface area contributed by atoms with Crippen LogP contribution in [-0.2, 0) is 11.2 Å². The molecule has 10 heteroatoms. The van der Waals surface area contributed by atoms with Gasteiger partial charge in [0, 0.05) is 47.5 Å². The minimum Gasteiger partial charge on any atom is -0.483 e. The summed E-state index contributed by atoms with van der Waals surface area (Å²) in [5, 5.41) is 23.0. The minimum absolute atomic E-state index is 0.0491. The van der Waals surface area contributed by atoms with E-state index in [9.17, 15) is 5.11 Å². The molecule has 1 aromatic carbocycles. The van der Waals surface area contributed by atoms with Crippen molar-refractivity contribution in [3.05, 3.63) is 56.8 Å². The van der Waals surface area contributed by atoms with Crippen LogP contribution in [0.4, 0.5) is 5.82 Å². The largest absolute Gasteiger partial charge is 0.483 e. The van der Waals surface area contributed by atoms with E-state index in [-0.39, 0.29) is 19.1 Å². The standard InChI is InChI=1S/C19H19Cl3N4O.CH2O2/c20-11-1-2-16-14(7-11)13-3-5-26(17(10-27)18(13)25-16)6-4-23-19-15(22)8-12(21)9-24-19;2-1-3/h1-2,7-9,17,25,27H,3-6,10H2,(H,23,24);1H,(H,2,3). The van der Waals surface area contributed by atoms with Gasteiger partial charge in [0.1, 0.15) is 5.82 Å². The van der Waals surface area contributed by atoms with Crippen molar-refractivity contribution >= 4 is 58.0 Å². The topological polar surface area (TPSA) is 101 Å². The van der Waals surface area contributed by atoms with E-state index in [0.717, 1.165) is 41.1 Å². The summed E-state index contributed by atoms with van der Waals surface area (Å²) >= 11 is 18.2. The van der Waals surface area contributed by atoms with Gasteiger partial charge in [0.2, 0.25) is 0 Å². The summed E-state index contributed by atoms with van der Waals surface area (Å²) in [6, 6.07) is 7.45. The van der Waals surface area contributed by atoms with Crippen molar-refractivity contribution in [2.45, 2.75) is 12.5 Å². The number of carboxylic acid groups (broad SMARTS) is 1. The number of nitrogens with one attached hydrogen (secondary N) is 2. The van der Waals surface area contributed by atoms with Gasteiger partial charge in [0.05, 0.1) is 22.7 Å². The highest BCUT2D eigenvalue weighted by Crippen LogP contribution is 2.35. The average Bonchev–Trinajstić information content (AvgIpc) is 3.08. The number of hydrogen-bond donors (Lipinski definition) is 4. The number of carbonyl (C=O) groups is 1. The SMILES string of the molecule is O=CO.OCC1c2[nH]c3ccc(Cl)cc3c2CCN1CCNc1ncc(Cl)cc1Cl. The van der Waals surface area contributed by atoms with Gasteiger partial charge in [-0.15, -0.1) is 0 Å². The van der Waals surface area contributed by atoms with E-state index in [2.05, 4.69) is 20.2 Å². The predicted molar refractivity (Wildman–Crippen MR) is 120 cm³/mol. The molecule has 1 atom stereocenters. The molecular weight excluding hydrogens is 451 g/mol. The zero-order valence-electron chi connectivity index (χ0n) is 15.9. The van der Waals surface area contributed by atoms with Gasteiger partial charge < -0.3 is 20.5 Å². The molecule has 4 N–H and O–H groups in total. The number of hydrogen-bond acceptors (Lipinski definition) is 5. The molecule has 1 aliphatic rings. The molecule has 7 nitrogen and oxygen atoms in total. The Morgan fingerprint density at radius 1 is 1.27 bits per heavy atom. The van der Waals surface area contributed by atoms with Crippen LogP contribution < -0.4 is 5.32 Å². The second-order valence-electron chi connectivity index (χ2n) is 6.71. The molecule has 0 fully saturated rings. The third kappa shape index (κ3) is 4.99. The summed E-state index contributed by atoms with van der Waals surface area (Å²) in [5.41, 5.74) is 3.38. The Kier molecular flexibility index (Phi) is 7.80. The molecule has 0 bridgehead atoms. The number of halogens is 3. The first-order valence-corrected chi connectivity index (χ1v) is 10.4. The van der Waals surface area contributed by atoms with E-state index >= 15 is 0 Å². The van der Waals surface area contributed by atoms with Crippen molar-refractivity contribution in [2.75, 3.05) is 31.6 Å². The van der Waals surface area contributed by atoms with Crippen molar-refractivity contribution in [1.29, 1.82) is 0 Å². The van der Waals surface area contributed by atoms with Gasteiger partial charge >= 0.3 is 0 Å². The highest BCUT2D eigenvalue weighted by Gasteiger charge is 2.29. The van der Waals surface area contributed by atoms with Crippen molar-refractivity contribution in [1.82, 2.24) is 14.9 Å². The number of fused-ring (bicyclic) bond motifs is 3. The first-order chi connectivity index (χ1) is 14.5. The molecule has 3 heterocycles. The van der Waals surface area contributed by atoms with Crippen LogP contribution in [0.5, 0.6) is 0 Å². The fourth-order valence-corrected chi connectivity index (χ4v) is 4.34. The summed E-state index contributed by atoms with van der Waals surface area (Å²) in [5.74, 6) is 0.611. The van der Waals surface area contributed by atoms with Crippen LogP contribution in [0.25, 0.3) is 10.9 Å². The summed E-state index contributed by atoms with van der Waals surface area (Å²) in [7, 11) is 0. The summed E-state index contributed by atoms with van der Waals surface area (Å²) in [6.07, 6.45) is 2.47. The molecule has 0 amide bonds. The second kappa shape index (κ2) is 10.3. The number of pyridine rings is 1. The normalized spacial score (nSPS) is 15.9. The number of aromatic amines is 1.